The molecule has 1 fully saturated rings. The monoisotopic (exact) mass is 311 g/mol. The van der Waals surface area contributed by atoms with E-state index in [-0.39, 0.29) is 6.04 Å². The predicted molar refractivity (Wildman–Crippen MR) is 92.4 cm³/mol. The number of rotatable bonds is 5. The third kappa shape index (κ3) is 4.12. The average Bonchev–Trinajstić information content (AvgIpc) is 2.60. The lowest BCUT2D eigenvalue weighted by atomic mass is 9.92. The summed E-state index contributed by atoms with van der Waals surface area (Å²) in [7, 11) is 0. The first-order valence-corrected chi connectivity index (χ1v) is 8.49. The first kappa shape index (κ1) is 16.0. The Morgan fingerprint density at radius 1 is 1.04 bits per heavy atom. The van der Waals surface area contributed by atoms with Crippen LogP contribution >= 0.6 is 0 Å². The molecule has 122 valence electrons. The van der Waals surface area contributed by atoms with Crippen LogP contribution in [-0.2, 0) is 6.42 Å². The summed E-state index contributed by atoms with van der Waals surface area (Å²) in [5.74, 6) is 0.321. The van der Waals surface area contributed by atoms with Gasteiger partial charge in [-0.3, -0.25) is 4.90 Å². The van der Waals surface area contributed by atoms with E-state index in [0.717, 1.165) is 37.1 Å². The lowest BCUT2D eigenvalue weighted by molar-refractivity contribution is 0.0255. The van der Waals surface area contributed by atoms with Crippen molar-refractivity contribution in [2.45, 2.75) is 37.8 Å². The molecule has 0 aliphatic carbocycles. The minimum absolute atomic E-state index is 0.184. The number of piperidine rings is 1. The van der Waals surface area contributed by atoms with Crippen LogP contribution in [0.4, 0.5) is 0 Å². The fraction of sp³-hybridized carbons (Fsp3) is 0.400. The highest BCUT2D eigenvalue weighted by Gasteiger charge is 2.29. The number of hydrogen-bond acceptors (Lipinski definition) is 3. The molecule has 1 aliphatic heterocycles. The fourth-order valence-electron chi connectivity index (χ4n) is 3.51. The molecule has 2 aromatic carbocycles. The molecule has 2 aromatic rings. The number of phenols is 1. The third-order valence-electron chi connectivity index (χ3n) is 4.77. The highest BCUT2D eigenvalue weighted by Crippen LogP contribution is 2.28. The Kier molecular flexibility index (Phi) is 5.31. The molecule has 0 bridgehead atoms. The van der Waals surface area contributed by atoms with Gasteiger partial charge in [0.15, 0.2) is 0 Å². The second-order valence-corrected chi connectivity index (χ2v) is 6.37. The Bertz CT molecular complexity index is 614. The van der Waals surface area contributed by atoms with Crippen molar-refractivity contribution >= 4 is 0 Å². The molecule has 2 atom stereocenters. The van der Waals surface area contributed by atoms with E-state index in [1.165, 1.54) is 12.8 Å². The predicted octanol–water partition coefficient (Wildman–Crippen LogP) is 3.52. The maximum Gasteiger partial charge on any atom is 0.115 e. The van der Waals surface area contributed by atoms with Gasteiger partial charge in [-0.05, 0) is 49.1 Å². The standard InChI is InChI=1S/C20H25NO2/c22-18-10-6-7-16(15-18)12-14-21-13-5-4-11-19(21)20(23)17-8-2-1-3-9-17/h1-3,6-10,15,19-20,22-23H,4-5,11-14H2/t19-,20+/m0/s1. The van der Waals surface area contributed by atoms with Gasteiger partial charge in [-0.1, -0.05) is 48.9 Å². The van der Waals surface area contributed by atoms with Gasteiger partial charge in [-0.15, -0.1) is 0 Å². The smallest absolute Gasteiger partial charge is 0.115 e. The zero-order valence-corrected chi connectivity index (χ0v) is 13.4. The van der Waals surface area contributed by atoms with Gasteiger partial charge in [0.1, 0.15) is 5.75 Å². The maximum atomic E-state index is 10.8. The minimum atomic E-state index is -0.430. The Labute approximate surface area is 138 Å². The molecule has 0 spiro atoms. The molecular weight excluding hydrogens is 286 g/mol. The number of hydrogen-bond donors (Lipinski definition) is 2. The highest BCUT2D eigenvalue weighted by molar-refractivity contribution is 5.27. The molecular formula is C20H25NO2. The summed E-state index contributed by atoms with van der Waals surface area (Å²) in [4.78, 5) is 2.41. The second kappa shape index (κ2) is 7.62. The van der Waals surface area contributed by atoms with E-state index < -0.39 is 6.10 Å². The molecule has 1 saturated heterocycles. The zero-order chi connectivity index (χ0) is 16.1. The largest absolute Gasteiger partial charge is 0.508 e. The number of nitrogens with zero attached hydrogens (tertiary/aromatic N) is 1. The van der Waals surface area contributed by atoms with Crippen LogP contribution < -0.4 is 0 Å². The molecule has 2 N–H and O–H groups in total. The Hall–Kier alpha value is -1.84. The lowest BCUT2D eigenvalue weighted by Crippen LogP contribution is -2.44. The molecule has 3 heteroatoms. The van der Waals surface area contributed by atoms with Crippen LogP contribution in [0.3, 0.4) is 0 Å². The van der Waals surface area contributed by atoms with E-state index >= 15 is 0 Å². The summed E-state index contributed by atoms with van der Waals surface area (Å²) in [5, 5.41) is 20.4. The fourth-order valence-corrected chi connectivity index (χ4v) is 3.51. The van der Waals surface area contributed by atoms with E-state index in [2.05, 4.69) is 4.90 Å². The average molecular weight is 311 g/mol. The van der Waals surface area contributed by atoms with Gasteiger partial charge < -0.3 is 10.2 Å². The molecule has 0 unspecified atom stereocenters. The molecule has 1 aliphatic rings. The first-order chi connectivity index (χ1) is 11.2. The number of phenolic OH excluding ortho intramolecular Hbond substituents is 1. The van der Waals surface area contributed by atoms with E-state index in [4.69, 9.17) is 0 Å². The summed E-state index contributed by atoms with van der Waals surface area (Å²) in [6.07, 6.45) is 3.87. The summed E-state index contributed by atoms with van der Waals surface area (Å²) < 4.78 is 0. The van der Waals surface area contributed by atoms with Crippen LogP contribution in [0, 0.1) is 0 Å². The first-order valence-electron chi connectivity index (χ1n) is 8.49. The van der Waals surface area contributed by atoms with Crippen molar-refractivity contribution in [1.29, 1.82) is 0 Å². The van der Waals surface area contributed by atoms with Crippen molar-refractivity contribution in [2.75, 3.05) is 13.1 Å². The molecule has 1 heterocycles. The summed E-state index contributed by atoms with van der Waals surface area (Å²) >= 11 is 0. The van der Waals surface area contributed by atoms with Crippen LogP contribution in [0.25, 0.3) is 0 Å². The number of benzene rings is 2. The van der Waals surface area contributed by atoms with Crippen LogP contribution in [-0.4, -0.2) is 34.2 Å². The molecule has 23 heavy (non-hydrogen) atoms. The van der Waals surface area contributed by atoms with Crippen molar-refractivity contribution < 1.29 is 10.2 Å². The topological polar surface area (TPSA) is 43.7 Å². The van der Waals surface area contributed by atoms with E-state index in [0.29, 0.717) is 5.75 Å². The Balaban J connectivity index is 1.66. The van der Waals surface area contributed by atoms with Gasteiger partial charge in [0.05, 0.1) is 6.10 Å². The van der Waals surface area contributed by atoms with Crippen LogP contribution in [0.2, 0.25) is 0 Å². The highest BCUT2D eigenvalue weighted by atomic mass is 16.3. The summed E-state index contributed by atoms with van der Waals surface area (Å²) in [6.45, 7) is 1.95. The number of aliphatic hydroxyl groups excluding tert-OH is 1. The maximum absolute atomic E-state index is 10.8. The van der Waals surface area contributed by atoms with E-state index in [1.54, 1.807) is 6.07 Å². The van der Waals surface area contributed by atoms with Crippen LogP contribution in [0.15, 0.2) is 54.6 Å². The lowest BCUT2D eigenvalue weighted by Gasteiger charge is -2.38. The number of likely N-dealkylation sites (tertiary alicyclic amines) is 1. The molecule has 0 amide bonds. The summed E-state index contributed by atoms with van der Waals surface area (Å²) in [5.41, 5.74) is 2.14. The number of aromatic hydroxyl groups is 1. The summed E-state index contributed by atoms with van der Waals surface area (Å²) in [6, 6.07) is 17.6. The van der Waals surface area contributed by atoms with Gasteiger partial charge >= 0.3 is 0 Å². The van der Waals surface area contributed by atoms with Crippen molar-refractivity contribution in [3.63, 3.8) is 0 Å². The van der Waals surface area contributed by atoms with Gasteiger partial charge in [-0.25, -0.2) is 0 Å². The molecule has 0 radical (unpaired) electrons. The van der Waals surface area contributed by atoms with E-state index in [9.17, 15) is 10.2 Å². The Morgan fingerprint density at radius 3 is 2.65 bits per heavy atom. The molecule has 3 nitrogen and oxygen atoms in total. The van der Waals surface area contributed by atoms with E-state index in [1.807, 2.05) is 48.5 Å². The van der Waals surface area contributed by atoms with Crippen molar-refractivity contribution in [2.24, 2.45) is 0 Å². The Morgan fingerprint density at radius 2 is 1.87 bits per heavy atom. The second-order valence-electron chi connectivity index (χ2n) is 6.37. The van der Waals surface area contributed by atoms with Crippen molar-refractivity contribution in [1.82, 2.24) is 4.90 Å². The SMILES string of the molecule is Oc1cccc(CCN2CCCC[C@H]2[C@H](O)c2ccccc2)c1. The molecule has 0 aromatic heterocycles. The van der Waals surface area contributed by atoms with Gasteiger partial charge in [-0.2, -0.15) is 0 Å². The normalized spacial score (nSPS) is 20.3. The van der Waals surface area contributed by atoms with Gasteiger partial charge in [0.25, 0.3) is 0 Å². The minimum Gasteiger partial charge on any atom is -0.508 e. The van der Waals surface area contributed by atoms with Crippen LogP contribution in [0.1, 0.15) is 36.5 Å². The third-order valence-corrected chi connectivity index (χ3v) is 4.77. The molecule has 0 saturated carbocycles. The molecule has 3 rings (SSSR count). The zero-order valence-electron chi connectivity index (χ0n) is 13.4. The quantitative estimate of drug-likeness (QED) is 0.888. The number of aliphatic hydroxyl groups is 1. The van der Waals surface area contributed by atoms with Crippen LogP contribution in [0.5, 0.6) is 5.75 Å². The van der Waals surface area contributed by atoms with Gasteiger partial charge in [0.2, 0.25) is 0 Å². The van der Waals surface area contributed by atoms with Crippen molar-refractivity contribution in [3.8, 4) is 5.75 Å². The van der Waals surface area contributed by atoms with Crippen molar-refractivity contribution in [3.05, 3.63) is 65.7 Å². The van der Waals surface area contributed by atoms with Gasteiger partial charge in [0, 0.05) is 12.6 Å².